The number of aryl methyl sites for hydroxylation is 2. The monoisotopic (exact) mass is 352 g/mol. The molecule has 5 heteroatoms. The van der Waals surface area contributed by atoms with Crippen LogP contribution in [0.2, 0.25) is 0 Å². The van der Waals surface area contributed by atoms with Crippen LogP contribution in [0.1, 0.15) is 44.5 Å². The normalized spacial score (nSPS) is 12.1. The predicted molar refractivity (Wildman–Crippen MR) is 99.3 cm³/mol. The van der Waals surface area contributed by atoms with Crippen molar-refractivity contribution in [1.29, 1.82) is 0 Å². The Labute approximate surface area is 151 Å². The first-order valence-electron chi connectivity index (χ1n) is 8.49. The Morgan fingerprint density at radius 2 is 2.04 bits per heavy atom. The molecular formula is C20H20N2O2S. The third-order valence-corrected chi connectivity index (χ3v) is 5.59. The minimum absolute atomic E-state index is 0.326. The molecule has 0 aliphatic heterocycles. The van der Waals surface area contributed by atoms with Crippen molar-refractivity contribution in [3.05, 3.63) is 63.2 Å². The second-order valence-corrected chi connectivity index (χ2v) is 7.68. The Morgan fingerprint density at radius 3 is 2.76 bits per heavy atom. The van der Waals surface area contributed by atoms with Gasteiger partial charge in [0, 0.05) is 16.9 Å². The van der Waals surface area contributed by atoms with Gasteiger partial charge in [-0.1, -0.05) is 29.8 Å². The maximum absolute atomic E-state index is 12.4. The summed E-state index contributed by atoms with van der Waals surface area (Å²) in [6, 6.07) is 10.6. The first-order chi connectivity index (χ1) is 12.1. The zero-order valence-electron chi connectivity index (χ0n) is 14.6. The molecule has 0 saturated heterocycles. The molecule has 1 aliphatic rings. The van der Waals surface area contributed by atoms with Gasteiger partial charge in [0.05, 0.1) is 23.7 Å². The first-order valence-corrected chi connectivity index (χ1v) is 9.30. The largest absolute Gasteiger partial charge is 0.461 e. The quantitative estimate of drug-likeness (QED) is 0.513. The number of thiophene rings is 1. The summed E-state index contributed by atoms with van der Waals surface area (Å²) < 4.78 is 7.19. The number of fused-ring (bicyclic) bond motifs is 3. The van der Waals surface area contributed by atoms with Crippen molar-refractivity contribution in [3.63, 3.8) is 0 Å². The third kappa shape index (κ3) is 2.78. The molecule has 0 radical (unpaired) electrons. The molecule has 0 fully saturated rings. The Hall–Kier alpha value is -2.40. The third-order valence-electron chi connectivity index (χ3n) is 4.49. The molecule has 0 N–H and O–H groups in total. The molecular weight excluding hydrogens is 332 g/mol. The van der Waals surface area contributed by atoms with Crippen LogP contribution < -0.4 is 0 Å². The van der Waals surface area contributed by atoms with E-state index < -0.39 is 0 Å². The van der Waals surface area contributed by atoms with Crippen molar-refractivity contribution in [1.82, 2.24) is 9.78 Å². The minimum atomic E-state index is -0.326. The highest BCUT2D eigenvalue weighted by Gasteiger charge is 2.32. The highest BCUT2D eigenvalue weighted by Crippen LogP contribution is 2.43. The van der Waals surface area contributed by atoms with Crippen molar-refractivity contribution in [2.75, 3.05) is 6.61 Å². The number of aromatic nitrogens is 2. The molecule has 0 unspecified atom stereocenters. The summed E-state index contributed by atoms with van der Waals surface area (Å²) in [4.78, 5) is 14.9. The highest BCUT2D eigenvalue weighted by molar-refractivity contribution is 7.15. The smallest absolute Gasteiger partial charge is 0.359 e. The molecule has 0 bridgehead atoms. The average Bonchev–Trinajstić information content (AvgIpc) is 3.19. The molecule has 3 aromatic rings. The van der Waals surface area contributed by atoms with Crippen LogP contribution in [0, 0.1) is 13.8 Å². The van der Waals surface area contributed by atoms with E-state index in [0.29, 0.717) is 18.8 Å². The van der Waals surface area contributed by atoms with Gasteiger partial charge in [0.25, 0.3) is 0 Å². The number of hydrogen-bond donors (Lipinski definition) is 0. The van der Waals surface area contributed by atoms with Crippen LogP contribution in [0.4, 0.5) is 0 Å². The lowest BCUT2D eigenvalue weighted by atomic mass is 10.1. The number of nitrogens with zero attached hydrogens (tertiary/aromatic N) is 2. The van der Waals surface area contributed by atoms with Crippen LogP contribution >= 0.6 is 11.3 Å². The van der Waals surface area contributed by atoms with Crippen LogP contribution in [-0.4, -0.2) is 22.4 Å². The van der Waals surface area contributed by atoms with E-state index in [-0.39, 0.29) is 5.97 Å². The Morgan fingerprint density at radius 1 is 1.28 bits per heavy atom. The maximum Gasteiger partial charge on any atom is 0.359 e. The van der Waals surface area contributed by atoms with Gasteiger partial charge < -0.3 is 4.74 Å². The van der Waals surface area contributed by atoms with Crippen LogP contribution in [0.5, 0.6) is 0 Å². The maximum atomic E-state index is 12.4. The molecule has 0 amide bonds. The van der Waals surface area contributed by atoms with E-state index in [1.807, 2.05) is 11.6 Å². The van der Waals surface area contributed by atoms with E-state index in [1.54, 1.807) is 11.3 Å². The van der Waals surface area contributed by atoms with E-state index in [4.69, 9.17) is 4.74 Å². The van der Waals surface area contributed by atoms with Gasteiger partial charge in [-0.25, -0.2) is 4.79 Å². The highest BCUT2D eigenvalue weighted by atomic mass is 32.1. The molecule has 2 aromatic heterocycles. The molecule has 2 heterocycles. The van der Waals surface area contributed by atoms with Crippen LogP contribution in [0.25, 0.3) is 10.6 Å². The van der Waals surface area contributed by atoms with Crippen molar-refractivity contribution >= 4 is 17.3 Å². The molecule has 4 rings (SSSR count). The van der Waals surface area contributed by atoms with Gasteiger partial charge in [-0.15, -0.1) is 11.3 Å². The van der Waals surface area contributed by atoms with E-state index in [1.165, 1.54) is 26.4 Å². The zero-order chi connectivity index (χ0) is 17.6. The van der Waals surface area contributed by atoms with Crippen molar-refractivity contribution in [3.8, 4) is 10.6 Å². The molecule has 0 atom stereocenters. The Balaban J connectivity index is 1.80. The number of carbonyl (C=O) groups excluding carboxylic acids is 1. The summed E-state index contributed by atoms with van der Waals surface area (Å²) in [5, 5.41) is 4.63. The Kier molecular flexibility index (Phi) is 3.96. The molecule has 128 valence electrons. The molecule has 0 spiro atoms. The van der Waals surface area contributed by atoms with Gasteiger partial charge >= 0.3 is 5.97 Å². The number of esters is 1. The lowest BCUT2D eigenvalue weighted by Gasteiger charge is -2.06. The summed E-state index contributed by atoms with van der Waals surface area (Å²) >= 11 is 1.77. The number of rotatable bonds is 4. The summed E-state index contributed by atoms with van der Waals surface area (Å²) in [6.07, 6.45) is 0.761. The topological polar surface area (TPSA) is 44.1 Å². The van der Waals surface area contributed by atoms with E-state index in [2.05, 4.69) is 49.3 Å². The van der Waals surface area contributed by atoms with Crippen LogP contribution in [-0.2, 0) is 17.7 Å². The van der Waals surface area contributed by atoms with Gasteiger partial charge in [0.1, 0.15) is 0 Å². The van der Waals surface area contributed by atoms with Gasteiger partial charge in [-0.3, -0.25) is 4.68 Å². The molecule has 25 heavy (non-hydrogen) atoms. The number of benzene rings is 1. The number of hydrogen-bond acceptors (Lipinski definition) is 4. The fraction of sp³-hybridized carbons (Fsp3) is 0.300. The van der Waals surface area contributed by atoms with Gasteiger partial charge in [-0.2, -0.15) is 5.10 Å². The molecule has 4 nitrogen and oxygen atoms in total. The van der Waals surface area contributed by atoms with Crippen molar-refractivity contribution in [2.45, 2.75) is 33.7 Å². The fourth-order valence-electron chi connectivity index (χ4n) is 3.35. The predicted octanol–water partition coefficient (Wildman–Crippen LogP) is 4.36. The van der Waals surface area contributed by atoms with Gasteiger partial charge in [-0.05, 0) is 38.0 Å². The number of ether oxygens (including phenoxy) is 1. The summed E-state index contributed by atoms with van der Waals surface area (Å²) in [5.74, 6) is -0.326. The molecule has 1 aliphatic carbocycles. The van der Waals surface area contributed by atoms with Crippen LogP contribution in [0.15, 0.2) is 30.3 Å². The van der Waals surface area contributed by atoms with E-state index in [0.717, 1.165) is 17.7 Å². The molecule has 1 aromatic carbocycles. The summed E-state index contributed by atoms with van der Waals surface area (Å²) in [6.45, 7) is 7.03. The van der Waals surface area contributed by atoms with Crippen molar-refractivity contribution in [2.24, 2.45) is 0 Å². The van der Waals surface area contributed by atoms with Gasteiger partial charge in [0.15, 0.2) is 5.69 Å². The summed E-state index contributed by atoms with van der Waals surface area (Å²) in [5.41, 5.74) is 6.25. The Bertz CT molecular complexity index is 951. The van der Waals surface area contributed by atoms with Crippen molar-refractivity contribution < 1.29 is 9.53 Å². The lowest BCUT2D eigenvalue weighted by Crippen LogP contribution is -2.10. The SMILES string of the molecule is CCOC(=O)c1nn(Cc2ccc(C)cc2)c2c1Cc1cc(C)sc1-2. The zero-order valence-corrected chi connectivity index (χ0v) is 15.4. The molecule has 0 saturated carbocycles. The fourth-order valence-corrected chi connectivity index (χ4v) is 4.46. The number of carbonyl (C=O) groups is 1. The second-order valence-electron chi connectivity index (χ2n) is 6.43. The van der Waals surface area contributed by atoms with E-state index in [9.17, 15) is 4.79 Å². The van der Waals surface area contributed by atoms with E-state index >= 15 is 0 Å². The standard InChI is InChI=1S/C20H20N2O2S/c1-4-24-20(23)17-16-10-15-9-13(3)25-19(15)18(16)22(21-17)11-14-7-5-12(2)6-8-14/h5-9H,4,10-11H2,1-3H3. The lowest BCUT2D eigenvalue weighted by molar-refractivity contribution is 0.0517. The van der Waals surface area contributed by atoms with Crippen LogP contribution in [0.3, 0.4) is 0 Å². The summed E-state index contributed by atoms with van der Waals surface area (Å²) in [7, 11) is 0. The second kappa shape index (κ2) is 6.15. The minimum Gasteiger partial charge on any atom is -0.461 e. The average molecular weight is 352 g/mol. The van der Waals surface area contributed by atoms with Gasteiger partial charge in [0.2, 0.25) is 0 Å². The first kappa shape index (κ1) is 16.1.